The van der Waals surface area contributed by atoms with Crippen molar-refractivity contribution in [3.63, 3.8) is 0 Å². The molecule has 2 heteroatoms. The molecule has 0 aliphatic rings. The maximum absolute atomic E-state index is 11.6. The second kappa shape index (κ2) is 6.55. The number of unbranched alkanes of at least 4 members (excludes halogenated alkanes) is 1. The Morgan fingerprint density at radius 3 is 2.82 bits per heavy atom. The maximum Gasteiger partial charge on any atom is 0.223 e. The Morgan fingerprint density at radius 2 is 2.24 bits per heavy atom. The van der Waals surface area contributed by atoms with Gasteiger partial charge >= 0.3 is 0 Å². The van der Waals surface area contributed by atoms with Gasteiger partial charge in [0.1, 0.15) is 0 Å². The van der Waals surface area contributed by atoms with E-state index in [0.717, 1.165) is 24.1 Å². The summed E-state index contributed by atoms with van der Waals surface area (Å²) in [5, 5.41) is 0. The molecule has 0 spiro atoms. The monoisotopic (exact) mass is 227 g/mol. The average molecular weight is 227 g/mol. The van der Waals surface area contributed by atoms with Crippen molar-refractivity contribution in [2.45, 2.75) is 19.8 Å². The molecule has 0 aliphatic heterocycles. The van der Waals surface area contributed by atoms with Crippen LogP contribution in [-0.2, 0) is 4.79 Å². The molecule has 1 amide bonds. The smallest absolute Gasteiger partial charge is 0.223 e. The van der Waals surface area contributed by atoms with Crippen molar-refractivity contribution in [3.8, 4) is 12.3 Å². The van der Waals surface area contributed by atoms with Crippen molar-refractivity contribution in [1.82, 2.24) is 0 Å². The molecule has 0 aliphatic carbocycles. The van der Waals surface area contributed by atoms with Crippen LogP contribution in [0.1, 0.15) is 25.3 Å². The highest BCUT2D eigenvalue weighted by atomic mass is 16.2. The lowest BCUT2D eigenvalue weighted by Crippen LogP contribution is -2.30. The van der Waals surface area contributed by atoms with E-state index >= 15 is 0 Å². The molecule has 0 radical (unpaired) electrons. The Bertz CT molecular complexity index is 442. The third kappa shape index (κ3) is 3.49. The van der Waals surface area contributed by atoms with Crippen LogP contribution >= 0.6 is 0 Å². The Labute approximate surface area is 103 Å². The number of amides is 1. The Morgan fingerprint density at radius 1 is 1.53 bits per heavy atom. The predicted octanol–water partition coefficient (Wildman–Crippen LogP) is 2.99. The van der Waals surface area contributed by atoms with E-state index in [4.69, 9.17) is 6.42 Å². The van der Waals surface area contributed by atoms with Gasteiger partial charge in [-0.2, -0.15) is 0 Å². The molecule has 0 heterocycles. The topological polar surface area (TPSA) is 20.3 Å². The van der Waals surface area contributed by atoms with E-state index in [-0.39, 0.29) is 5.91 Å². The lowest BCUT2D eigenvalue weighted by Gasteiger charge is -2.22. The van der Waals surface area contributed by atoms with Gasteiger partial charge in [-0.15, -0.1) is 13.0 Å². The summed E-state index contributed by atoms with van der Waals surface area (Å²) in [7, 11) is 0. The molecule has 0 saturated carbocycles. The molecule has 1 aromatic rings. The van der Waals surface area contributed by atoms with Crippen LogP contribution in [0.2, 0.25) is 0 Å². The first-order chi connectivity index (χ1) is 8.20. The van der Waals surface area contributed by atoms with Gasteiger partial charge in [0.25, 0.3) is 0 Å². The number of carbonyl (C=O) groups excluding carboxylic acids is 1. The van der Waals surface area contributed by atoms with Gasteiger partial charge in [0.2, 0.25) is 5.91 Å². The van der Waals surface area contributed by atoms with Gasteiger partial charge in [0, 0.05) is 19.0 Å². The molecule has 0 aromatic heterocycles. The molecule has 0 atom stereocenters. The first-order valence-corrected chi connectivity index (χ1v) is 5.65. The van der Waals surface area contributed by atoms with Gasteiger partial charge in [0.15, 0.2) is 0 Å². The molecule has 0 unspecified atom stereocenters. The normalized spacial score (nSPS) is 9.41. The third-order valence-electron chi connectivity index (χ3n) is 2.52. The van der Waals surface area contributed by atoms with Crippen LogP contribution in [0.15, 0.2) is 36.9 Å². The number of terminal acetylenes is 1. The molecular weight excluding hydrogens is 210 g/mol. The van der Waals surface area contributed by atoms with E-state index in [9.17, 15) is 4.79 Å². The van der Waals surface area contributed by atoms with Crippen LogP contribution in [0.5, 0.6) is 0 Å². The first-order valence-electron chi connectivity index (χ1n) is 5.65. The molecule has 0 bridgehead atoms. The van der Waals surface area contributed by atoms with E-state index in [1.807, 2.05) is 30.3 Å². The van der Waals surface area contributed by atoms with Crippen LogP contribution in [0, 0.1) is 12.3 Å². The van der Waals surface area contributed by atoms with Crippen molar-refractivity contribution < 1.29 is 4.79 Å². The number of hydrogen-bond donors (Lipinski definition) is 0. The standard InChI is InChI=1S/C15H17NO/c1-4-6-9-12-16(13(3)17)15-11-8-7-10-14(15)5-2/h2,4,7-8,10-11H,1,6,9,12H2,3H3. The van der Waals surface area contributed by atoms with Crippen LogP contribution in [0.4, 0.5) is 5.69 Å². The van der Waals surface area contributed by atoms with Gasteiger partial charge in [-0.25, -0.2) is 0 Å². The van der Waals surface area contributed by atoms with E-state index in [2.05, 4.69) is 12.5 Å². The van der Waals surface area contributed by atoms with E-state index in [1.54, 1.807) is 11.8 Å². The number of carbonyl (C=O) groups is 1. The number of nitrogens with zero attached hydrogens (tertiary/aromatic N) is 1. The third-order valence-corrected chi connectivity index (χ3v) is 2.52. The number of benzene rings is 1. The molecule has 1 aromatic carbocycles. The van der Waals surface area contributed by atoms with Crippen LogP contribution in [-0.4, -0.2) is 12.5 Å². The largest absolute Gasteiger partial charge is 0.311 e. The summed E-state index contributed by atoms with van der Waals surface area (Å²) in [6.45, 7) is 5.90. The molecule has 1 rings (SSSR count). The summed E-state index contributed by atoms with van der Waals surface area (Å²) >= 11 is 0. The molecule has 17 heavy (non-hydrogen) atoms. The summed E-state index contributed by atoms with van der Waals surface area (Å²) in [5.74, 6) is 2.62. The van der Waals surface area contributed by atoms with Gasteiger partial charge in [0.05, 0.1) is 5.69 Å². The minimum Gasteiger partial charge on any atom is -0.311 e. The fourth-order valence-electron chi connectivity index (χ4n) is 1.67. The predicted molar refractivity (Wildman–Crippen MR) is 71.8 cm³/mol. The lowest BCUT2D eigenvalue weighted by molar-refractivity contribution is -0.116. The zero-order valence-corrected chi connectivity index (χ0v) is 10.1. The molecular formula is C15H17NO. The maximum atomic E-state index is 11.6. The number of para-hydroxylation sites is 1. The van der Waals surface area contributed by atoms with Gasteiger partial charge < -0.3 is 4.90 Å². The quantitative estimate of drug-likeness (QED) is 0.430. The second-order valence-electron chi connectivity index (χ2n) is 3.76. The minimum absolute atomic E-state index is 0.0109. The number of rotatable bonds is 5. The molecule has 0 N–H and O–H groups in total. The van der Waals surface area contributed by atoms with Crippen molar-refractivity contribution in [1.29, 1.82) is 0 Å². The summed E-state index contributed by atoms with van der Waals surface area (Å²) in [5.41, 5.74) is 1.56. The first kappa shape index (κ1) is 13.1. The fraction of sp³-hybridized carbons (Fsp3) is 0.267. The Hall–Kier alpha value is -2.01. The molecule has 88 valence electrons. The van der Waals surface area contributed by atoms with Crippen LogP contribution in [0.25, 0.3) is 0 Å². The van der Waals surface area contributed by atoms with Gasteiger partial charge in [-0.1, -0.05) is 24.1 Å². The van der Waals surface area contributed by atoms with Gasteiger partial charge in [-0.05, 0) is 25.0 Å². The van der Waals surface area contributed by atoms with Gasteiger partial charge in [-0.3, -0.25) is 4.79 Å². The Balaban J connectivity index is 2.94. The van der Waals surface area contributed by atoms with Crippen LogP contribution < -0.4 is 4.90 Å². The SMILES string of the molecule is C#Cc1ccccc1N(CCCC=C)C(C)=O. The van der Waals surface area contributed by atoms with Crippen molar-refractivity contribution in [2.75, 3.05) is 11.4 Å². The van der Waals surface area contributed by atoms with Crippen molar-refractivity contribution in [2.24, 2.45) is 0 Å². The molecule has 0 fully saturated rings. The highest BCUT2D eigenvalue weighted by Gasteiger charge is 2.13. The van der Waals surface area contributed by atoms with E-state index in [1.165, 1.54) is 0 Å². The highest BCUT2D eigenvalue weighted by Crippen LogP contribution is 2.20. The van der Waals surface area contributed by atoms with Crippen molar-refractivity contribution >= 4 is 11.6 Å². The van der Waals surface area contributed by atoms with E-state index < -0.39 is 0 Å². The zero-order valence-electron chi connectivity index (χ0n) is 10.1. The molecule has 0 saturated heterocycles. The minimum atomic E-state index is 0.0109. The number of anilines is 1. The summed E-state index contributed by atoms with van der Waals surface area (Å²) in [4.78, 5) is 13.4. The van der Waals surface area contributed by atoms with Crippen molar-refractivity contribution in [3.05, 3.63) is 42.5 Å². The summed E-state index contributed by atoms with van der Waals surface area (Å²) in [6, 6.07) is 7.49. The molecule has 2 nitrogen and oxygen atoms in total. The fourth-order valence-corrected chi connectivity index (χ4v) is 1.67. The highest BCUT2D eigenvalue weighted by molar-refractivity contribution is 5.92. The number of hydrogen-bond acceptors (Lipinski definition) is 1. The number of allylic oxidation sites excluding steroid dienone is 1. The summed E-state index contributed by atoms with van der Waals surface area (Å²) in [6.07, 6.45) is 9.07. The second-order valence-corrected chi connectivity index (χ2v) is 3.76. The average Bonchev–Trinajstić information content (AvgIpc) is 2.34. The summed E-state index contributed by atoms with van der Waals surface area (Å²) < 4.78 is 0. The zero-order chi connectivity index (χ0) is 12.7. The lowest BCUT2D eigenvalue weighted by atomic mass is 10.1. The van der Waals surface area contributed by atoms with Crippen LogP contribution in [0.3, 0.4) is 0 Å². The van der Waals surface area contributed by atoms with E-state index in [0.29, 0.717) is 6.54 Å². The Kier molecular flexibility index (Phi) is 5.03.